The van der Waals surface area contributed by atoms with Crippen molar-refractivity contribution >= 4 is 22.1 Å². The molecule has 2 heterocycles. The molecule has 1 aliphatic rings. The van der Waals surface area contributed by atoms with Crippen LogP contribution in [-0.4, -0.2) is 45.7 Å². The Bertz CT molecular complexity index is 948. The van der Waals surface area contributed by atoms with Crippen LogP contribution in [0.3, 0.4) is 0 Å². The van der Waals surface area contributed by atoms with Crippen molar-refractivity contribution in [3.05, 3.63) is 59.1 Å². The lowest BCUT2D eigenvalue weighted by Crippen LogP contribution is -2.26. The first-order valence-corrected chi connectivity index (χ1v) is 11.4. The number of benzene rings is 1. The van der Waals surface area contributed by atoms with Crippen LogP contribution in [0.4, 0.5) is 0 Å². The molecule has 0 radical (unpaired) electrons. The van der Waals surface area contributed by atoms with Crippen LogP contribution in [0.15, 0.2) is 43.0 Å². The Morgan fingerprint density at radius 2 is 2.11 bits per heavy atom. The van der Waals surface area contributed by atoms with Gasteiger partial charge in [-0.15, -0.1) is 6.58 Å². The second kappa shape index (κ2) is 8.50. The number of hydrogen-bond acceptors (Lipinski definition) is 5. The highest BCUT2D eigenvalue weighted by molar-refractivity contribution is 7.91. The highest BCUT2D eigenvalue weighted by Gasteiger charge is 2.33. The molecule has 1 aliphatic heterocycles. The predicted octanol–water partition coefficient (Wildman–Crippen LogP) is 2.98. The van der Waals surface area contributed by atoms with Gasteiger partial charge in [-0.05, 0) is 30.7 Å². The van der Waals surface area contributed by atoms with Gasteiger partial charge in [-0.25, -0.2) is 13.1 Å². The first kappa shape index (κ1) is 20.0. The van der Waals surface area contributed by atoms with Crippen LogP contribution >= 0.6 is 12.2 Å². The Balaban J connectivity index is 1.85. The van der Waals surface area contributed by atoms with E-state index < -0.39 is 9.84 Å². The van der Waals surface area contributed by atoms with E-state index >= 15 is 0 Å². The molecule has 6 nitrogen and oxygen atoms in total. The monoisotopic (exact) mass is 406 g/mol. The van der Waals surface area contributed by atoms with Gasteiger partial charge in [-0.2, -0.15) is 5.10 Å². The number of sulfone groups is 1. The summed E-state index contributed by atoms with van der Waals surface area (Å²) in [6.45, 7) is 8.68. The second-order valence-corrected chi connectivity index (χ2v) is 9.51. The predicted molar refractivity (Wildman–Crippen MR) is 110 cm³/mol. The molecule has 1 fully saturated rings. The van der Waals surface area contributed by atoms with E-state index in [4.69, 9.17) is 17.3 Å². The third kappa shape index (κ3) is 4.75. The fourth-order valence-electron chi connectivity index (χ4n) is 3.44. The molecule has 0 unspecified atom stereocenters. The van der Waals surface area contributed by atoms with Gasteiger partial charge < -0.3 is 0 Å². The zero-order valence-corrected chi connectivity index (χ0v) is 17.3. The molecule has 1 aromatic carbocycles. The first-order chi connectivity index (χ1) is 12.9. The van der Waals surface area contributed by atoms with E-state index in [2.05, 4.69) is 30.5 Å². The van der Waals surface area contributed by atoms with Gasteiger partial charge in [0.2, 0.25) is 0 Å². The van der Waals surface area contributed by atoms with Gasteiger partial charge in [-0.1, -0.05) is 43.3 Å². The Morgan fingerprint density at radius 1 is 1.37 bits per heavy atom. The van der Waals surface area contributed by atoms with Gasteiger partial charge in [0.15, 0.2) is 14.6 Å². The molecule has 2 aromatic rings. The molecule has 1 saturated heterocycles. The topological polar surface area (TPSA) is 60.1 Å². The number of hydrogen-bond donors (Lipinski definition) is 0. The minimum atomic E-state index is -2.98. The van der Waals surface area contributed by atoms with Gasteiger partial charge in [0.1, 0.15) is 5.82 Å². The van der Waals surface area contributed by atoms with Crippen molar-refractivity contribution in [2.24, 2.45) is 0 Å². The Morgan fingerprint density at radius 3 is 2.70 bits per heavy atom. The number of nitrogens with zero attached hydrogens (tertiary/aromatic N) is 4. The van der Waals surface area contributed by atoms with E-state index in [1.165, 1.54) is 5.56 Å². The van der Waals surface area contributed by atoms with Crippen molar-refractivity contribution in [1.29, 1.82) is 0 Å². The summed E-state index contributed by atoms with van der Waals surface area (Å²) in [5.41, 5.74) is 1.23. The smallest absolute Gasteiger partial charge is 0.199 e. The van der Waals surface area contributed by atoms with Crippen LogP contribution in [0.5, 0.6) is 0 Å². The number of rotatable bonds is 8. The third-order valence-corrected chi connectivity index (χ3v) is 7.09. The van der Waals surface area contributed by atoms with Crippen LogP contribution in [0.2, 0.25) is 0 Å². The Hall–Kier alpha value is -1.77. The zero-order valence-electron chi connectivity index (χ0n) is 15.6. The Labute approximate surface area is 166 Å². The molecule has 146 valence electrons. The molecular formula is C19H26N4O2S2. The molecule has 0 amide bonds. The molecule has 0 saturated carbocycles. The lowest BCUT2D eigenvalue weighted by Gasteiger charge is -2.20. The van der Waals surface area contributed by atoms with Gasteiger partial charge in [0.05, 0.1) is 18.2 Å². The van der Waals surface area contributed by atoms with Gasteiger partial charge >= 0.3 is 0 Å². The highest BCUT2D eigenvalue weighted by atomic mass is 32.2. The standard InChI is InChI=1S/C19H26N4O2S2/c1-3-11-22-18(17-10-12-27(24,25)14-17)20-23(19(22)26)15-21(4-2)13-16-8-6-5-7-9-16/h3,5-9,17H,1,4,10-15H2,2H3/t17-/m0/s1. The van der Waals surface area contributed by atoms with Crippen LogP contribution in [0, 0.1) is 4.77 Å². The SMILES string of the molecule is C=CCn1c([C@H]2CCS(=O)(=O)C2)nn(CN(CC)Cc2ccccc2)c1=S. The summed E-state index contributed by atoms with van der Waals surface area (Å²) in [5.74, 6) is 1.04. The maximum atomic E-state index is 11.9. The third-order valence-electron chi connectivity index (χ3n) is 4.89. The van der Waals surface area contributed by atoms with E-state index in [0.717, 1.165) is 18.9 Å². The summed E-state index contributed by atoms with van der Waals surface area (Å²) in [4.78, 5) is 2.26. The summed E-state index contributed by atoms with van der Waals surface area (Å²) in [6.07, 6.45) is 2.38. The van der Waals surface area contributed by atoms with Crippen LogP contribution in [0.25, 0.3) is 0 Å². The Kier molecular flexibility index (Phi) is 6.29. The summed E-state index contributed by atoms with van der Waals surface area (Å²) in [7, 11) is -2.98. The van der Waals surface area contributed by atoms with Crippen molar-refractivity contribution < 1.29 is 8.42 Å². The van der Waals surface area contributed by atoms with Crippen molar-refractivity contribution in [1.82, 2.24) is 19.2 Å². The van der Waals surface area contributed by atoms with Gasteiger partial charge in [0.25, 0.3) is 0 Å². The second-order valence-electron chi connectivity index (χ2n) is 6.91. The average Bonchev–Trinajstić information content (AvgIpc) is 3.16. The summed E-state index contributed by atoms with van der Waals surface area (Å²) < 4.78 is 28.2. The van der Waals surface area contributed by atoms with Crippen molar-refractivity contribution in [2.75, 3.05) is 18.1 Å². The maximum Gasteiger partial charge on any atom is 0.199 e. The van der Waals surface area contributed by atoms with Crippen LogP contribution in [0.1, 0.15) is 30.7 Å². The summed E-state index contributed by atoms with van der Waals surface area (Å²) in [5, 5.41) is 4.73. The van der Waals surface area contributed by atoms with Crippen LogP contribution in [-0.2, 0) is 29.6 Å². The van der Waals surface area contributed by atoms with Crippen molar-refractivity contribution in [3.8, 4) is 0 Å². The normalized spacial score (nSPS) is 18.8. The maximum absolute atomic E-state index is 11.9. The summed E-state index contributed by atoms with van der Waals surface area (Å²) in [6, 6.07) is 10.3. The molecule has 8 heteroatoms. The first-order valence-electron chi connectivity index (χ1n) is 9.18. The largest absolute Gasteiger partial charge is 0.300 e. The fraction of sp³-hybridized carbons (Fsp3) is 0.474. The van der Waals surface area contributed by atoms with Crippen molar-refractivity contribution in [2.45, 2.75) is 39.0 Å². The highest BCUT2D eigenvalue weighted by Crippen LogP contribution is 2.28. The molecule has 0 spiro atoms. The van der Waals surface area contributed by atoms with Crippen molar-refractivity contribution in [3.63, 3.8) is 0 Å². The quantitative estimate of drug-likeness (QED) is 0.498. The molecule has 1 atom stereocenters. The molecule has 27 heavy (non-hydrogen) atoms. The van der Waals surface area contributed by atoms with E-state index in [0.29, 0.717) is 24.4 Å². The van der Waals surface area contributed by atoms with Gasteiger partial charge in [0, 0.05) is 19.0 Å². The minimum absolute atomic E-state index is 0.0953. The average molecular weight is 407 g/mol. The minimum Gasteiger partial charge on any atom is -0.300 e. The van der Waals surface area contributed by atoms with Crippen LogP contribution < -0.4 is 0 Å². The molecular weight excluding hydrogens is 380 g/mol. The fourth-order valence-corrected chi connectivity index (χ4v) is 5.45. The molecule has 3 rings (SSSR count). The van der Waals surface area contributed by atoms with E-state index in [-0.39, 0.29) is 17.4 Å². The van der Waals surface area contributed by atoms with E-state index in [1.54, 1.807) is 6.08 Å². The lowest BCUT2D eigenvalue weighted by molar-refractivity contribution is 0.206. The zero-order chi connectivity index (χ0) is 19.4. The van der Waals surface area contributed by atoms with E-state index in [9.17, 15) is 8.42 Å². The van der Waals surface area contributed by atoms with Gasteiger partial charge in [-0.3, -0.25) is 9.47 Å². The van der Waals surface area contributed by atoms with E-state index in [1.807, 2.05) is 27.4 Å². The molecule has 0 N–H and O–H groups in total. The molecule has 0 aliphatic carbocycles. The number of allylic oxidation sites excluding steroid dienone is 1. The molecule has 1 aromatic heterocycles. The summed E-state index contributed by atoms with van der Waals surface area (Å²) >= 11 is 5.64. The molecule has 0 bridgehead atoms. The lowest BCUT2D eigenvalue weighted by atomic mass is 10.1. The number of aromatic nitrogens is 3.